The van der Waals surface area contributed by atoms with Gasteiger partial charge in [0.1, 0.15) is 11.8 Å². The van der Waals surface area contributed by atoms with Crippen LogP contribution in [0.5, 0.6) is 17.2 Å². The van der Waals surface area contributed by atoms with Crippen molar-refractivity contribution in [3.8, 4) is 23.3 Å². The van der Waals surface area contributed by atoms with Gasteiger partial charge in [-0.3, -0.25) is 9.36 Å². The first-order valence-corrected chi connectivity index (χ1v) is 12.9. The Labute approximate surface area is 227 Å². The summed E-state index contributed by atoms with van der Waals surface area (Å²) in [5.41, 5.74) is 0.976. The van der Waals surface area contributed by atoms with Gasteiger partial charge in [-0.25, -0.2) is 9.79 Å². The molecule has 0 spiro atoms. The number of benzene rings is 2. The van der Waals surface area contributed by atoms with E-state index in [-0.39, 0.29) is 17.7 Å². The number of fused-ring (bicyclic) bond motifs is 1. The van der Waals surface area contributed by atoms with Crippen molar-refractivity contribution in [3.05, 3.63) is 84.0 Å². The smallest absolute Gasteiger partial charge is 0.337 e. The maximum atomic E-state index is 13.8. The summed E-state index contributed by atoms with van der Waals surface area (Å²) in [4.78, 5) is 31.3. The molecule has 0 bridgehead atoms. The predicted molar refractivity (Wildman–Crippen MR) is 143 cm³/mol. The van der Waals surface area contributed by atoms with Crippen LogP contribution in [0.2, 0.25) is 5.02 Å². The fourth-order valence-corrected chi connectivity index (χ4v) is 5.14. The van der Waals surface area contributed by atoms with Crippen LogP contribution in [0.4, 0.5) is 0 Å². The highest BCUT2D eigenvalue weighted by Crippen LogP contribution is 2.35. The van der Waals surface area contributed by atoms with E-state index in [1.807, 2.05) is 19.9 Å². The zero-order chi connectivity index (χ0) is 27.2. The number of carbonyl (C=O) groups excluding carboxylic acids is 1. The second-order valence-corrected chi connectivity index (χ2v) is 9.32. The van der Waals surface area contributed by atoms with Crippen LogP contribution in [0.15, 0.2) is 58.0 Å². The van der Waals surface area contributed by atoms with Gasteiger partial charge in [0.05, 0.1) is 36.5 Å². The highest BCUT2D eigenvalue weighted by molar-refractivity contribution is 7.07. The summed E-state index contributed by atoms with van der Waals surface area (Å²) >= 11 is 7.34. The lowest BCUT2D eigenvalue weighted by molar-refractivity contribution is -0.136. The van der Waals surface area contributed by atoms with Crippen molar-refractivity contribution in [1.82, 2.24) is 4.57 Å². The minimum Gasteiger partial charge on any atom is -0.490 e. The van der Waals surface area contributed by atoms with Crippen molar-refractivity contribution in [3.63, 3.8) is 0 Å². The maximum Gasteiger partial charge on any atom is 0.337 e. The SMILES string of the molecule is CCOc1ccc([C@@H]2C(C(=O)OC)=CN=c3s/c(=C/c4cc(Cl)ccc4OCC#N)c(=O)n32)cc1OCC. The first kappa shape index (κ1) is 27.0. The third-order valence-corrected chi connectivity index (χ3v) is 6.79. The van der Waals surface area contributed by atoms with E-state index >= 15 is 0 Å². The van der Waals surface area contributed by atoms with Gasteiger partial charge < -0.3 is 18.9 Å². The Kier molecular flexibility index (Phi) is 8.51. The molecule has 0 radical (unpaired) electrons. The van der Waals surface area contributed by atoms with Crippen molar-refractivity contribution in [2.75, 3.05) is 26.9 Å². The molecule has 4 rings (SSSR count). The minimum atomic E-state index is -0.815. The highest BCUT2D eigenvalue weighted by atomic mass is 35.5. The van der Waals surface area contributed by atoms with E-state index in [4.69, 9.17) is 35.8 Å². The number of esters is 1. The van der Waals surface area contributed by atoms with Crippen molar-refractivity contribution in [2.24, 2.45) is 4.99 Å². The van der Waals surface area contributed by atoms with Crippen molar-refractivity contribution >= 4 is 35.0 Å². The number of carbonyl (C=O) groups is 1. The quantitative estimate of drug-likeness (QED) is 0.373. The monoisotopic (exact) mass is 553 g/mol. The molecular formula is C27H24ClN3O6S. The largest absolute Gasteiger partial charge is 0.490 e. The average Bonchev–Trinajstić information content (AvgIpc) is 3.23. The second kappa shape index (κ2) is 12.0. The van der Waals surface area contributed by atoms with Crippen LogP contribution in [0, 0.1) is 11.3 Å². The molecule has 9 nitrogen and oxygen atoms in total. The Morgan fingerprint density at radius 3 is 2.58 bits per heavy atom. The summed E-state index contributed by atoms with van der Waals surface area (Å²) in [6, 6.07) is 11.3. The standard InChI is InChI=1S/C27H24ClN3O6S/c1-4-35-21-8-6-16(13-22(21)36-5-2)24-19(26(33)34-3)15-30-27-31(24)25(32)23(38-27)14-17-12-18(28)7-9-20(17)37-11-10-29/h6-9,12-15,24H,4-5,11H2,1-3H3/b23-14+/t24-/m1/s1. The van der Waals surface area contributed by atoms with E-state index in [9.17, 15) is 9.59 Å². The number of methoxy groups -OCH3 is 1. The third kappa shape index (κ3) is 5.44. The fraction of sp³-hybridized carbons (Fsp3) is 0.259. The van der Waals surface area contributed by atoms with Gasteiger partial charge in [0, 0.05) is 16.8 Å². The average molecular weight is 554 g/mol. The molecule has 0 aliphatic carbocycles. The Morgan fingerprint density at radius 1 is 1.13 bits per heavy atom. The van der Waals surface area contributed by atoms with Gasteiger partial charge in [-0.05, 0) is 55.8 Å². The molecule has 1 aliphatic rings. The van der Waals surface area contributed by atoms with E-state index in [1.54, 1.807) is 42.5 Å². The Balaban J connectivity index is 1.91. The lowest BCUT2D eigenvalue weighted by Crippen LogP contribution is -2.39. The third-order valence-electron chi connectivity index (χ3n) is 5.56. The molecule has 38 heavy (non-hydrogen) atoms. The van der Waals surface area contributed by atoms with Crippen LogP contribution >= 0.6 is 22.9 Å². The van der Waals surface area contributed by atoms with Gasteiger partial charge in [-0.1, -0.05) is 29.0 Å². The fourth-order valence-electron chi connectivity index (χ4n) is 4.00. The number of rotatable bonds is 9. The van der Waals surface area contributed by atoms with Gasteiger partial charge in [0.25, 0.3) is 5.56 Å². The highest BCUT2D eigenvalue weighted by Gasteiger charge is 2.31. The molecule has 2 heterocycles. The van der Waals surface area contributed by atoms with Gasteiger partial charge >= 0.3 is 5.97 Å². The lowest BCUT2D eigenvalue weighted by atomic mass is 9.97. The van der Waals surface area contributed by atoms with E-state index in [0.29, 0.717) is 55.9 Å². The van der Waals surface area contributed by atoms with E-state index in [0.717, 1.165) is 11.3 Å². The van der Waals surface area contributed by atoms with E-state index in [2.05, 4.69) is 4.99 Å². The molecule has 0 N–H and O–H groups in total. The van der Waals surface area contributed by atoms with Gasteiger partial charge in [-0.2, -0.15) is 5.26 Å². The molecular weight excluding hydrogens is 530 g/mol. The molecule has 0 saturated heterocycles. The number of hydrogen-bond acceptors (Lipinski definition) is 9. The van der Waals surface area contributed by atoms with Crippen LogP contribution in [-0.2, 0) is 9.53 Å². The molecule has 1 atom stereocenters. The minimum absolute atomic E-state index is 0.161. The Morgan fingerprint density at radius 2 is 1.87 bits per heavy atom. The molecule has 3 aromatic rings. The first-order valence-electron chi connectivity index (χ1n) is 11.7. The Bertz CT molecular complexity index is 1620. The number of halogens is 1. The lowest BCUT2D eigenvalue weighted by Gasteiger charge is -2.23. The van der Waals surface area contributed by atoms with Gasteiger partial charge in [-0.15, -0.1) is 0 Å². The molecule has 0 amide bonds. The molecule has 196 valence electrons. The molecule has 11 heteroatoms. The molecule has 0 fully saturated rings. The summed E-state index contributed by atoms with van der Waals surface area (Å²) < 4.78 is 23.8. The van der Waals surface area contributed by atoms with Crippen molar-refractivity contribution in [1.29, 1.82) is 5.26 Å². The maximum absolute atomic E-state index is 13.8. The molecule has 0 saturated carbocycles. The second-order valence-electron chi connectivity index (χ2n) is 7.88. The first-order chi connectivity index (χ1) is 18.4. The van der Waals surface area contributed by atoms with Crippen LogP contribution in [0.1, 0.15) is 31.0 Å². The van der Waals surface area contributed by atoms with Crippen LogP contribution in [-0.4, -0.2) is 37.5 Å². The molecule has 2 aromatic carbocycles. The normalized spacial score (nSPS) is 14.6. The van der Waals surface area contributed by atoms with Crippen molar-refractivity contribution in [2.45, 2.75) is 19.9 Å². The molecule has 1 aromatic heterocycles. The summed E-state index contributed by atoms with van der Waals surface area (Å²) in [5, 5.41) is 9.35. The zero-order valence-corrected chi connectivity index (χ0v) is 22.5. The number of nitrogens with zero attached hydrogens (tertiary/aromatic N) is 3. The summed E-state index contributed by atoms with van der Waals surface area (Å²) in [7, 11) is 1.27. The molecule has 0 unspecified atom stereocenters. The van der Waals surface area contributed by atoms with E-state index < -0.39 is 12.0 Å². The Hall–Kier alpha value is -4.07. The van der Waals surface area contributed by atoms with E-state index in [1.165, 1.54) is 17.9 Å². The number of ether oxygens (including phenoxy) is 4. The van der Waals surface area contributed by atoms with Crippen molar-refractivity contribution < 1.29 is 23.7 Å². The number of aromatic nitrogens is 1. The summed E-state index contributed by atoms with van der Waals surface area (Å²) in [5.74, 6) is 0.844. The van der Waals surface area contributed by atoms with Crippen LogP contribution < -0.4 is 29.1 Å². The van der Waals surface area contributed by atoms with Gasteiger partial charge in [0.2, 0.25) is 0 Å². The zero-order valence-electron chi connectivity index (χ0n) is 20.9. The summed E-state index contributed by atoms with van der Waals surface area (Å²) in [6.07, 6.45) is 3.05. The number of nitriles is 1. The summed E-state index contributed by atoms with van der Waals surface area (Å²) in [6.45, 7) is 4.42. The topological polar surface area (TPSA) is 112 Å². The number of thiazole rings is 1. The predicted octanol–water partition coefficient (Wildman–Crippen LogP) is 3.37. The van der Waals surface area contributed by atoms with Gasteiger partial charge in [0.15, 0.2) is 22.9 Å². The molecule has 1 aliphatic heterocycles. The van der Waals surface area contributed by atoms with Crippen LogP contribution in [0.3, 0.4) is 0 Å². The number of hydrogen-bond donors (Lipinski definition) is 0. The van der Waals surface area contributed by atoms with Crippen LogP contribution in [0.25, 0.3) is 6.08 Å².